The van der Waals surface area contributed by atoms with E-state index < -0.39 is 0 Å². The van der Waals surface area contributed by atoms with Gasteiger partial charge in [-0.3, -0.25) is 9.69 Å². The number of hydrogen-bond donors (Lipinski definition) is 3. The topological polar surface area (TPSA) is 153 Å². The maximum Gasteiger partial charge on any atom is 0.255 e. The molecule has 1 saturated heterocycles. The number of benzene rings is 2. The summed E-state index contributed by atoms with van der Waals surface area (Å²) in [6.07, 6.45) is 1.36. The molecule has 4 aromatic rings. The van der Waals surface area contributed by atoms with Gasteiger partial charge < -0.3 is 35.5 Å². The van der Waals surface area contributed by atoms with Gasteiger partial charge in [0.1, 0.15) is 18.1 Å². The fraction of sp³-hybridized carbons (Fsp3) is 0.310. The molecule has 218 valence electrons. The van der Waals surface area contributed by atoms with Crippen LogP contribution in [0.15, 0.2) is 65.4 Å². The highest BCUT2D eigenvalue weighted by atomic mass is 16.6. The van der Waals surface area contributed by atoms with Crippen molar-refractivity contribution in [1.82, 2.24) is 20.2 Å². The Balaban J connectivity index is 1.06. The number of morpholine rings is 1. The summed E-state index contributed by atoms with van der Waals surface area (Å²) < 4.78 is 22.1. The van der Waals surface area contributed by atoms with E-state index in [-0.39, 0.29) is 17.9 Å². The van der Waals surface area contributed by atoms with Crippen LogP contribution in [0.25, 0.3) is 0 Å². The molecule has 2 aromatic carbocycles. The van der Waals surface area contributed by atoms with E-state index in [0.29, 0.717) is 41.7 Å². The zero-order chi connectivity index (χ0) is 28.9. The van der Waals surface area contributed by atoms with Gasteiger partial charge in [-0.1, -0.05) is 6.07 Å². The number of carbonyl (C=O) groups excluding carboxylic acids is 1. The van der Waals surface area contributed by atoms with Gasteiger partial charge in [-0.05, 0) is 53.6 Å². The Kier molecular flexibility index (Phi) is 8.01. The maximum atomic E-state index is 12.9. The third-order valence-corrected chi connectivity index (χ3v) is 7.12. The first kappa shape index (κ1) is 27.3. The number of rotatable bonds is 10. The zero-order valence-electron chi connectivity index (χ0n) is 23.2. The van der Waals surface area contributed by atoms with Gasteiger partial charge in [0, 0.05) is 49.6 Å². The van der Waals surface area contributed by atoms with Crippen LogP contribution in [0.4, 0.5) is 22.9 Å². The highest BCUT2D eigenvalue weighted by molar-refractivity contribution is 6.04. The van der Waals surface area contributed by atoms with Crippen molar-refractivity contribution in [2.75, 3.05) is 67.3 Å². The van der Waals surface area contributed by atoms with Gasteiger partial charge >= 0.3 is 0 Å². The van der Waals surface area contributed by atoms with E-state index in [1.54, 1.807) is 54.7 Å². The van der Waals surface area contributed by atoms with Crippen LogP contribution in [-0.4, -0.2) is 72.1 Å². The van der Waals surface area contributed by atoms with Crippen molar-refractivity contribution in [3.05, 3.63) is 72.1 Å². The number of pyridine rings is 1. The van der Waals surface area contributed by atoms with E-state index in [2.05, 4.69) is 35.7 Å². The lowest BCUT2D eigenvalue weighted by atomic mass is 10.2. The Hall–Kier alpha value is -4.88. The molecule has 42 heavy (non-hydrogen) atoms. The van der Waals surface area contributed by atoms with E-state index in [4.69, 9.17) is 24.6 Å². The first-order valence-electron chi connectivity index (χ1n) is 13.8. The minimum Gasteiger partial charge on any atom is -0.492 e. The van der Waals surface area contributed by atoms with Gasteiger partial charge in [-0.25, -0.2) is 9.61 Å². The number of aromatic nitrogens is 3. The molecule has 0 saturated carbocycles. The largest absolute Gasteiger partial charge is 0.492 e. The van der Waals surface area contributed by atoms with Crippen molar-refractivity contribution in [3.8, 4) is 17.4 Å². The number of nitrogens with one attached hydrogen (secondary N) is 2. The smallest absolute Gasteiger partial charge is 0.255 e. The summed E-state index contributed by atoms with van der Waals surface area (Å²) >= 11 is 0. The lowest BCUT2D eigenvalue weighted by molar-refractivity contribution is 0.0322. The van der Waals surface area contributed by atoms with Crippen LogP contribution in [0.1, 0.15) is 29.1 Å². The fourth-order valence-corrected chi connectivity index (χ4v) is 4.94. The molecule has 0 bridgehead atoms. The number of ether oxygens (including phenoxy) is 3. The predicted octanol–water partition coefficient (Wildman–Crippen LogP) is 3.75. The van der Waals surface area contributed by atoms with Crippen LogP contribution >= 0.6 is 0 Å². The molecule has 1 atom stereocenters. The third-order valence-electron chi connectivity index (χ3n) is 7.12. The summed E-state index contributed by atoms with van der Waals surface area (Å²) in [7, 11) is 0. The highest BCUT2D eigenvalue weighted by Gasteiger charge is 2.33. The average Bonchev–Trinajstić information content (AvgIpc) is 3.60. The molecule has 1 unspecified atom stereocenters. The van der Waals surface area contributed by atoms with E-state index >= 15 is 0 Å². The number of amides is 1. The Morgan fingerprint density at radius 3 is 2.71 bits per heavy atom. The number of anilines is 4. The highest BCUT2D eigenvalue weighted by Crippen LogP contribution is 2.43. The van der Waals surface area contributed by atoms with Crippen LogP contribution in [-0.2, 0) is 4.74 Å². The molecule has 0 aliphatic carbocycles. The van der Waals surface area contributed by atoms with Crippen molar-refractivity contribution in [2.24, 2.45) is 0 Å². The molecular formula is C29H32N8O5. The third kappa shape index (κ3) is 6.06. The van der Waals surface area contributed by atoms with Crippen LogP contribution < -0.4 is 30.7 Å². The van der Waals surface area contributed by atoms with Crippen LogP contribution in [0.2, 0.25) is 0 Å². The Morgan fingerprint density at radius 2 is 1.95 bits per heavy atom. The summed E-state index contributed by atoms with van der Waals surface area (Å²) in [4.78, 5) is 21.7. The minimum absolute atomic E-state index is 0.228. The summed E-state index contributed by atoms with van der Waals surface area (Å²) in [6.45, 7) is 7.49. The Morgan fingerprint density at radius 1 is 1.12 bits per heavy atom. The van der Waals surface area contributed by atoms with Gasteiger partial charge in [0.2, 0.25) is 5.88 Å². The SMILES string of the molecule is CCN1c2cc(Oc3cccc(NC(=O)c4ccc(OCCN5CCOCC5)cc4)c3)ncc2NC1c1nonc1N. The van der Waals surface area contributed by atoms with Gasteiger partial charge in [-0.2, -0.15) is 0 Å². The number of hydrogen-bond acceptors (Lipinski definition) is 12. The molecule has 1 amide bonds. The van der Waals surface area contributed by atoms with Crippen molar-refractivity contribution in [2.45, 2.75) is 13.1 Å². The first-order valence-corrected chi connectivity index (χ1v) is 13.8. The quantitative estimate of drug-likeness (QED) is 0.254. The molecule has 13 heteroatoms. The van der Waals surface area contributed by atoms with Gasteiger partial charge in [0.05, 0.1) is 30.8 Å². The molecule has 2 aromatic heterocycles. The van der Waals surface area contributed by atoms with Gasteiger partial charge in [-0.15, -0.1) is 0 Å². The first-order chi connectivity index (χ1) is 20.6. The van der Waals surface area contributed by atoms with Crippen molar-refractivity contribution < 1.29 is 23.6 Å². The van der Waals surface area contributed by atoms with Crippen LogP contribution in [0.3, 0.4) is 0 Å². The molecule has 1 fully saturated rings. The Labute approximate surface area is 242 Å². The molecule has 6 rings (SSSR count). The molecular weight excluding hydrogens is 540 g/mol. The number of nitrogens with two attached hydrogens (primary N) is 1. The second-order valence-electron chi connectivity index (χ2n) is 9.82. The van der Waals surface area contributed by atoms with Crippen molar-refractivity contribution in [3.63, 3.8) is 0 Å². The monoisotopic (exact) mass is 572 g/mol. The average molecular weight is 573 g/mol. The molecule has 0 radical (unpaired) electrons. The number of nitrogens with zero attached hydrogens (tertiary/aromatic N) is 5. The lowest BCUT2D eigenvalue weighted by Crippen LogP contribution is -2.38. The number of carbonyl (C=O) groups is 1. The Bertz CT molecular complexity index is 1520. The number of fused-ring (bicyclic) bond motifs is 1. The second kappa shape index (κ2) is 12.3. The summed E-state index contributed by atoms with van der Waals surface area (Å²) in [5, 5.41) is 13.9. The van der Waals surface area contributed by atoms with Gasteiger partial charge in [0.15, 0.2) is 17.7 Å². The summed E-state index contributed by atoms with van der Waals surface area (Å²) in [5.74, 6) is 1.64. The fourth-order valence-electron chi connectivity index (χ4n) is 4.94. The van der Waals surface area contributed by atoms with Crippen LogP contribution in [0.5, 0.6) is 17.4 Å². The minimum atomic E-state index is -0.331. The zero-order valence-corrected chi connectivity index (χ0v) is 23.2. The van der Waals surface area contributed by atoms with Gasteiger partial charge in [0.25, 0.3) is 5.91 Å². The molecule has 2 aliphatic rings. The van der Waals surface area contributed by atoms with Crippen LogP contribution in [0, 0.1) is 0 Å². The molecule has 0 spiro atoms. The summed E-state index contributed by atoms with van der Waals surface area (Å²) in [6, 6.07) is 16.1. The van der Waals surface area contributed by atoms with E-state index in [1.165, 1.54) is 0 Å². The number of nitrogen functional groups attached to an aromatic ring is 1. The molecule has 4 heterocycles. The molecule has 4 N–H and O–H groups in total. The summed E-state index contributed by atoms with van der Waals surface area (Å²) in [5.41, 5.74) is 9.23. The molecule has 13 nitrogen and oxygen atoms in total. The van der Waals surface area contributed by atoms with E-state index in [0.717, 1.165) is 50.0 Å². The predicted molar refractivity (Wildman–Crippen MR) is 156 cm³/mol. The van der Waals surface area contributed by atoms with Crippen molar-refractivity contribution in [1.29, 1.82) is 0 Å². The second-order valence-corrected chi connectivity index (χ2v) is 9.82. The van der Waals surface area contributed by atoms with E-state index in [1.807, 2.05) is 13.0 Å². The van der Waals surface area contributed by atoms with E-state index in [9.17, 15) is 4.79 Å². The maximum absolute atomic E-state index is 12.9. The molecule has 2 aliphatic heterocycles. The standard InChI is InChI=1S/C29H32N8O5/c1-2-37-24-17-25(31-18-23(24)33-28(37)26-27(30)35-42-34-26)41-22-5-3-4-20(16-22)32-29(38)19-6-8-21(9-7-19)40-15-12-36-10-13-39-14-11-36/h3-9,16-18,28,33H,2,10-15H2,1H3,(H2,30,35)(H,32,38). The lowest BCUT2D eigenvalue weighted by Gasteiger charge is -2.26. The normalized spacial score (nSPS) is 16.5. The van der Waals surface area contributed by atoms with Crippen molar-refractivity contribution >= 4 is 28.8 Å².